The quantitative estimate of drug-likeness (QED) is 0.910. The summed E-state index contributed by atoms with van der Waals surface area (Å²) in [6.07, 6.45) is 6.96. The number of para-hydroxylation sites is 1. The lowest BCUT2D eigenvalue weighted by Crippen LogP contribution is -2.43. The van der Waals surface area contributed by atoms with Gasteiger partial charge in [0.15, 0.2) is 0 Å². The lowest BCUT2D eigenvalue weighted by molar-refractivity contribution is -0.125. The van der Waals surface area contributed by atoms with Gasteiger partial charge in [-0.05, 0) is 18.9 Å². The monoisotopic (exact) mass is 326 g/mol. The molecule has 24 heavy (non-hydrogen) atoms. The normalized spacial score (nSPS) is 17.4. The van der Waals surface area contributed by atoms with Gasteiger partial charge < -0.3 is 15.0 Å². The number of hydrogen-bond donors (Lipinski definition) is 1. The van der Waals surface area contributed by atoms with E-state index in [1.54, 1.807) is 25.7 Å². The van der Waals surface area contributed by atoms with E-state index in [-0.39, 0.29) is 11.8 Å². The molecule has 0 spiro atoms. The van der Waals surface area contributed by atoms with Gasteiger partial charge in [0, 0.05) is 37.6 Å². The Hall–Kier alpha value is -2.63. The fourth-order valence-corrected chi connectivity index (χ4v) is 3.03. The van der Waals surface area contributed by atoms with E-state index in [1.165, 1.54) is 0 Å². The van der Waals surface area contributed by atoms with Crippen molar-refractivity contribution in [3.8, 4) is 5.75 Å². The third-order valence-electron chi connectivity index (χ3n) is 4.31. The molecule has 0 bridgehead atoms. The molecule has 126 valence electrons. The van der Waals surface area contributed by atoms with Crippen molar-refractivity contribution >= 4 is 11.7 Å². The van der Waals surface area contributed by atoms with Crippen molar-refractivity contribution in [2.75, 3.05) is 25.1 Å². The van der Waals surface area contributed by atoms with Gasteiger partial charge in [-0.15, -0.1) is 0 Å². The number of ether oxygens (including phenoxy) is 1. The lowest BCUT2D eigenvalue weighted by atomic mass is 9.97. The Kier molecular flexibility index (Phi) is 5.25. The maximum absolute atomic E-state index is 12.5. The van der Waals surface area contributed by atoms with Crippen molar-refractivity contribution in [2.45, 2.75) is 19.4 Å². The minimum atomic E-state index is -0.0320. The smallest absolute Gasteiger partial charge is 0.225 e. The van der Waals surface area contributed by atoms with Gasteiger partial charge in [0.1, 0.15) is 11.6 Å². The molecule has 6 nitrogen and oxygen atoms in total. The summed E-state index contributed by atoms with van der Waals surface area (Å²) in [5.74, 6) is 1.67. The number of piperidine rings is 1. The molecule has 1 amide bonds. The highest BCUT2D eigenvalue weighted by atomic mass is 16.5. The molecular formula is C18H22N4O2. The summed E-state index contributed by atoms with van der Waals surface area (Å²) in [7, 11) is 1.64. The molecule has 2 heterocycles. The minimum absolute atomic E-state index is 0.0320. The molecule has 1 aromatic heterocycles. The largest absolute Gasteiger partial charge is 0.496 e. The Bertz CT molecular complexity index is 678. The maximum atomic E-state index is 12.5. The second-order valence-electron chi connectivity index (χ2n) is 5.88. The second kappa shape index (κ2) is 7.77. The molecule has 1 aliphatic rings. The number of amides is 1. The zero-order chi connectivity index (χ0) is 16.8. The fourth-order valence-electron chi connectivity index (χ4n) is 3.03. The number of nitrogens with zero attached hydrogens (tertiary/aromatic N) is 3. The van der Waals surface area contributed by atoms with Crippen LogP contribution in [0.3, 0.4) is 0 Å². The number of hydrogen-bond acceptors (Lipinski definition) is 5. The van der Waals surface area contributed by atoms with Crippen LogP contribution in [0.2, 0.25) is 0 Å². The number of carbonyl (C=O) groups excluding carboxylic acids is 1. The van der Waals surface area contributed by atoms with Gasteiger partial charge in [0.2, 0.25) is 5.91 Å². The van der Waals surface area contributed by atoms with Crippen LogP contribution >= 0.6 is 0 Å². The molecule has 0 aliphatic carbocycles. The first-order valence-electron chi connectivity index (χ1n) is 8.18. The van der Waals surface area contributed by atoms with Crippen LogP contribution in [-0.4, -0.2) is 36.1 Å². The molecular weight excluding hydrogens is 304 g/mol. The first kappa shape index (κ1) is 16.2. The van der Waals surface area contributed by atoms with Crippen LogP contribution in [0.15, 0.2) is 42.9 Å². The van der Waals surface area contributed by atoms with Gasteiger partial charge in [-0.25, -0.2) is 4.98 Å². The summed E-state index contributed by atoms with van der Waals surface area (Å²) >= 11 is 0. The van der Waals surface area contributed by atoms with E-state index in [4.69, 9.17) is 4.74 Å². The highest BCUT2D eigenvalue weighted by Crippen LogP contribution is 2.22. The van der Waals surface area contributed by atoms with Crippen molar-refractivity contribution in [2.24, 2.45) is 5.92 Å². The first-order chi connectivity index (χ1) is 11.8. The number of nitrogens with one attached hydrogen (secondary N) is 1. The van der Waals surface area contributed by atoms with E-state index in [0.29, 0.717) is 13.1 Å². The molecule has 1 fully saturated rings. The molecule has 1 N–H and O–H groups in total. The molecule has 0 radical (unpaired) electrons. The molecule has 1 aromatic carbocycles. The molecule has 1 atom stereocenters. The van der Waals surface area contributed by atoms with Crippen LogP contribution in [0.4, 0.5) is 5.82 Å². The average molecular weight is 326 g/mol. The molecule has 1 saturated heterocycles. The van der Waals surface area contributed by atoms with Crippen molar-refractivity contribution in [1.82, 2.24) is 15.3 Å². The van der Waals surface area contributed by atoms with E-state index >= 15 is 0 Å². The topological polar surface area (TPSA) is 67.3 Å². The van der Waals surface area contributed by atoms with Crippen LogP contribution in [0.25, 0.3) is 0 Å². The van der Waals surface area contributed by atoms with Gasteiger partial charge in [-0.1, -0.05) is 18.2 Å². The van der Waals surface area contributed by atoms with Crippen molar-refractivity contribution in [3.63, 3.8) is 0 Å². The number of carbonyl (C=O) groups is 1. The third-order valence-corrected chi connectivity index (χ3v) is 4.31. The molecule has 3 rings (SSSR count). The summed E-state index contributed by atoms with van der Waals surface area (Å²) < 4.78 is 5.32. The standard InChI is InChI=1S/C18H22N4O2/c1-24-16-7-3-2-5-14(16)11-21-18(23)15-6-4-10-22(13-15)17-12-19-8-9-20-17/h2-3,5,7-9,12,15H,4,6,10-11,13H2,1H3,(H,21,23)/t15-/m1/s1. The first-order valence-corrected chi connectivity index (χ1v) is 8.18. The van der Waals surface area contributed by atoms with E-state index in [2.05, 4.69) is 20.2 Å². The summed E-state index contributed by atoms with van der Waals surface area (Å²) in [6, 6.07) is 7.73. The highest BCUT2D eigenvalue weighted by Gasteiger charge is 2.26. The predicted molar refractivity (Wildman–Crippen MR) is 91.8 cm³/mol. The molecule has 2 aromatic rings. The summed E-state index contributed by atoms with van der Waals surface area (Å²) in [5, 5.41) is 3.03. The number of methoxy groups -OCH3 is 1. The number of aromatic nitrogens is 2. The molecule has 6 heteroatoms. The van der Waals surface area contributed by atoms with E-state index in [9.17, 15) is 4.79 Å². The maximum Gasteiger partial charge on any atom is 0.225 e. The zero-order valence-corrected chi connectivity index (χ0v) is 13.8. The predicted octanol–water partition coefficient (Wildman–Crippen LogP) is 2.02. The Balaban J connectivity index is 1.58. The number of anilines is 1. The van der Waals surface area contributed by atoms with Crippen LogP contribution in [0.5, 0.6) is 5.75 Å². The Labute approximate surface area is 141 Å². The Morgan fingerprint density at radius 1 is 1.38 bits per heavy atom. The van der Waals surface area contributed by atoms with E-state index in [0.717, 1.165) is 36.5 Å². The van der Waals surface area contributed by atoms with E-state index in [1.807, 2.05) is 24.3 Å². The average Bonchev–Trinajstić information content (AvgIpc) is 2.67. The molecule has 0 saturated carbocycles. The SMILES string of the molecule is COc1ccccc1CNC(=O)[C@@H]1CCCN(c2cnccn2)C1. The van der Waals surface area contributed by atoms with Crippen LogP contribution in [0.1, 0.15) is 18.4 Å². The van der Waals surface area contributed by atoms with E-state index < -0.39 is 0 Å². The van der Waals surface area contributed by atoms with Gasteiger partial charge in [-0.3, -0.25) is 9.78 Å². The van der Waals surface area contributed by atoms with Crippen molar-refractivity contribution in [1.29, 1.82) is 0 Å². The van der Waals surface area contributed by atoms with Crippen LogP contribution in [0, 0.1) is 5.92 Å². The fraction of sp³-hybridized carbons (Fsp3) is 0.389. The molecule has 0 unspecified atom stereocenters. The van der Waals surface area contributed by atoms with Crippen LogP contribution < -0.4 is 15.0 Å². The van der Waals surface area contributed by atoms with Gasteiger partial charge in [-0.2, -0.15) is 0 Å². The van der Waals surface area contributed by atoms with Crippen molar-refractivity contribution in [3.05, 3.63) is 48.4 Å². The minimum Gasteiger partial charge on any atom is -0.496 e. The lowest BCUT2D eigenvalue weighted by Gasteiger charge is -2.32. The van der Waals surface area contributed by atoms with Gasteiger partial charge in [0.25, 0.3) is 0 Å². The zero-order valence-electron chi connectivity index (χ0n) is 13.8. The third kappa shape index (κ3) is 3.82. The second-order valence-corrected chi connectivity index (χ2v) is 5.88. The summed E-state index contributed by atoms with van der Waals surface area (Å²) in [5.41, 5.74) is 0.981. The van der Waals surface area contributed by atoms with Crippen LogP contribution in [-0.2, 0) is 11.3 Å². The number of benzene rings is 1. The Morgan fingerprint density at radius 2 is 2.25 bits per heavy atom. The summed E-state index contributed by atoms with van der Waals surface area (Å²) in [4.78, 5) is 23.1. The summed E-state index contributed by atoms with van der Waals surface area (Å²) in [6.45, 7) is 2.07. The van der Waals surface area contributed by atoms with Gasteiger partial charge >= 0.3 is 0 Å². The van der Waals surface area contributed by atoms with Crippen molar-refractivity contribution < 1.29 is 9.53 Å². The number of rotatable bonds is 5. The molecule has 1 aliphatic heterocycles. The highest BCUT2D eigenvalue weighted by molar-refractivity contribution is 5.79. The van der Waals surface area contributed by atoms with Gasteiger partial charge in [0.05, 0.1) is 19.2 Å². The Morgan fingerprint density at radius 3 is 3.04 bits per heavy atom.